The van der Waals surface area contributed by atoms with E-state index in [0.29, 0.717) is 105 Å². The van der Waals surface area contributed by atoms with Gasteiger partial charge in [0.1, 0.15) is 13.2 Å². The van der Waals surface area contributed by atoms with Crippen molar-refractivity contribution in [2.75, 3.05) is 57.5 Å². The fourth-order valence-corrected chi connectivity index (χ4v) is 4.75. The number of aromatic nitrogens is 2. The number of hydrogen-bond donors (Lipinski definition) is 0. The topological polar surface area (TPSA) is 95.4 Å². The summed E-state index contributed by atoms with van der Waals surface area (Å²) in [5, 5.41) is 0.504. The zero-order chi connectivity index (χ0) is 25.9. The van der Waals surface area contributed by atoms with E-state index in [0.717, 1.165) is 0 Å². The number of fused-ring (bicyclic) bond motifs is 2. The van der Waals surface area contributed by atoms with Crippen molar-refractivity contribution in [2.45, 2.75) is 27.3 Å². The predicted molar refractivity (Wildman–Crippen MR) is 140 cm³/mol. The van der Waals surface area contributed by atoms with Gasteiger partial charge in [0.05, 0.1) is 24.1 Å². The molecule has 1 aromatic heterocycles. The molecule has 2 aromatic carbocycles. The quantitative estimate of drug-likeness (QED) is 0.481. The number of piperazine rings is 1. The van der Waals surface area contributed by atoms with Gasteiger partial charge in [-0.05, 0) is 45.0 Å². The third-order valence-electron chi connectivity index (χ3n) is 6.55. The van der Waals surface area contributed by atoms with Crippen LogP contribution in [-0.2, 0) is 6.54 Å². The van der Waals surface area contributed by atoms with E-state index in [1.165, 1.54) is 0 Å². The molecule has 1 amide bonds. The first-order chi connectivity index (χ1) is 18.0. The molecule has 2 aliphatic heterocycles. The highest BCUT2D eigenvalue weighted by molar-refractivity contribution is 5.95. The molecule has 0 saturated carbocycles. The van der Waals surface area contributed by atoms with Gasteiger partial charge in [0.2, 0.25) is 5.95 Å². The summed E-state index contributed by atoms with van der Waals surface area (Å²) in [6, 6.07) is 8.80. The van der Waals surface area contributed by atoms with E-state index in [2.05, 4.69) is 4.90 Å². The number of carbonyl (C=O) groups excluding carboxylic acids is 1. The van der Waals surface area contributed by atoms with E-state index >= 15 is 0 Å². The summed E-state index contributed by atoms with van der Waals surface area (Å²) in [6.07, 6.45) is 0. The number of ether oxygens (including phenoxy) is 4. The monoisotopic (exact) mass is 508 g/mol. The van der Waals surface area contributed by atoms with Crippen LogP contribution in [0, 0.1) is 0 Å². The second kappa shape index (κ2) is 10.6. The maximum atomic E-state index is 13.3. The molecule has 5 rings (SSSR count). The van der Waals surface area contributed by atoms with Crippen molar-refractivity contribution in [3.8, 4) is 23.0 Å². The van der Waals surface area contributed by atoms with Gasteiger partial charge in [0, 0.05) is 44.4 Å². The summed E-state index contributed by atoms with van der Waals surface area (Å²) < 4.78 is 24.3. The fourth-order valence-electron chi connectivity index (χ4n) is 4.75. The van der Waals surface area contributed by atoms with E-state index in [1.54, 1.807) is 34.9 Å². The Morgan fingerprint density at radius 1 is 0.919 bits per heavy atom. The minimum absolute atomic E-state index is 0.0632. The van der Waals surface area contributed by atoms with Crippen LogP contribution in [-0.4, -0.2) is 73.0 Å². The molecule has 3 aromatic rings. The van der Waals surface area contributed by atoms with Crippen LogP contribution in [0.2, 0.25) is 0 Å². The average Bonchev–Trinajstić information content (AvgIpc) is 2.93. The predicted octanol–water partition coefficient (Wildman–Crippen LogP) is 2.95. The zero-order valence-corrected chi connectivity index (χ0v) is 21.5. The molecule has 0 spiro atoms. The van der Waals surface area contributed by atoms with E-state index in [4.69, 9.17) is 23.9 Å². The first-order valence-electron chi connectivity index (χ1n) is 12.8. The molecule has 0 N–H and O–H groups in total. The Labute approximate surface area is 215 Å². The Bertz CT molecular complexity index is 1360. The number of hydrogen-bond acceptors (Lipinski definition) is 8. The van der Waals surface area contributed by atoms with Gasteiger partial charge >= 0.3 is 0 Å². The van der Waals surface area contributed by atoms with Crippen molar-refractivity contribution in [1.82, 2.24) is 14.5 Å². The van der Waals surface area contributed by atoms with Crippen LogP contribution in [0.4, 0.5) is 5.95 Å². The molecule has 10 heteroatoms. The van der Waals surface area contributed by atoms with Crippen LogP contribution in [0.5, 0.6) is 23.0 Å². The molecular formula is C27H32N4O6. The van der Waals surface area contributed by atoms with Crippen molar-refractivity contribution in [3.05, 3.63) is 46.2 Å². The lowest BCUT2D eigenvalue weighted by Gasteiger charge is -2.36. The fraction of sp³-hybridized carbons (Fsp3) is 0.444. The zero-order valence-electron chi connectivity index (χ0n) is 21.5. The smallest absolute Gasteiger partial charge is 0.262 e. The lowest BCUT2D eigenvalue weighted by atomic mass is 10.1. The number of benzene rings is 2. The van der Waals surface area contributed by atoms with Crippen molar-refractivity contribution in [2.24, 2.45) is 0 Å². The maximum absolute atomic E-state index is 13.3. The maximum Gasteiger partial charge on any atom is 0.262 e. The molecule has 0 unspecified atom stereocenters. The highest BCUT2D eigenvalue weighted by atomic mass is 16.6. The van der Waals surface area contributed by atoms with Crippen molar-refractivity contribution >= 4 is 22.8 Å². The second-order valence-electron chi connectivity index (χ2n) is 8.78. The van der Waals surface area contributed by atoms with Crippen LogP contribution in [0.3, 0.4) is 0 Å². The van der Waals surface area contributed by atoms with Gasteiger partial charge in [-0.2, -0.15) is 0 Å². The van der Waals surface area contributed by atoms with Crippen molar-refractivity contribution in [3.63, 3.8) is 0 Å². The van der Waals surface area contributed by atoms with Gasteiger partial charge in [0.25, 0.3) is 11.5 Å². The molecule has 2 aliphatic rings. The molecule has 37 heavy (non-hydrogen) atoms. The Balaban J connectivity index is 1.36. The van der Waals surface area contributed by atoms with Gasteiger partial charge < -0.3 is 28.7 Å². The third kappa shape index (κ3) is 4.75. The SMILES string of the molecule is CCOc1ccc(C(=O)N2CCN(c3nc4cc5c(cc4c(=O)n3CC)OCCO5)CC2)cc1OCC. The Hall–Kier alpha value is -3.95. The van der Waals surface area contributed by atoms with Crippen molar-refractivity contribution in [1.29, 1.82) is 0 Å². The normalized spacial score (nSPS) is 15.1. The molecule has 0 radical (unpaired) electrons. The minimum Gasteiger partial charge on any atom is -0.490 e. The highest BCUT2D eigenvalue weighted by Crippen LogP contribution is 2.34. The molecule has 1 fully saturated rings. The number of rotatable bonds is 7. The Kier molecular flexibility index (Phi) is 7.07. The summed E-state index contributed by atoms with van der Waals surface area (Å²) in [5.41, 5.74) is 1.02. The third-order valence-corrected chi connectivity index (χ3v) is 6.55. The summed E-state index contributed by atoms with van der Waals surface area (Å²) in [4.78, 5) is 35.3. The van der Waals surface area contributed by atoms with Crippen LogP contribution in [0.1, 0.15) is 31.1 Å². The molecule has 10 nitrogen and oxygen atoms in total. The molecular weight excluding hydrogens is 476 g/mol. The van der Waals surface area contributed by atoms with Gasteiger partial charge in [-0.15, -0.1) is 0 Å². The highest BCUT2D eigenvalue weighted by Gasteiger charge is 2.26. The number of nitrogens with zero attached hydrogens (tertiary/aromatic N) is 4. The van der Waals surface area contributed by atoms with Gasteiger partial charge in [0.15, 0.2) is 23.0 Å². The summed E-state index contributed by atoms with van der Waals surface area (Å²) >= 11 is 0. The first-order valence-corrected chi connectivity index (χ1v) is 12.8. The Morgan fingerprint density at radius 2 is 1.59 bits per heavy atom. The van der Waals surface area contributed by atoms with E-state index in [1.807, 2.05) is 25.7 Å². The first kappa shape index (κ1) is 24.7. The summed E-state index contributed by atoms with van der Waals surface area (Å²) in [5.74, 6) is 2.90. The molecule has 0 atom stereocenters. The Morgan fingerprint density at radius 3 is 2.27 bits per heavy atom. The minimum atomic E-state index is -0.115. The molecule has 3 heterocycles. The van der Waals surface area contributed by atoms with Crippen molar-refractivity contribution < 1.29 is 23.7 Å². The molecule has 0 bridgehead atoms. The second-order valence-corrected chi connectivity index (χ2v) is 8.78. The van der Waals surface area contributed by atoms with Crippen LogP contribution in [0.15, 0.2) is 35.1 Å². The van der Waals surface area contributed by atoms with Gasteiger partial charge in [-0.25, -0.2) is 4.98 Å². The molecule has 0 aliphatic carbocycles. The van der Waals surface area contributed by atoms with Gasteiger partial charge in [-0.3, -0.25) is 14.2 Å². The lowest BCUT2D eigenvalue weighted by molar-refractivity contribution is 0.0745. The van der Waals surface area contributed by atoms with E-state index in [9.17, 15) is 9.59 Å². The van der Waals surface area contributed by atoms with E-state index in [-0.39, 0.29) is 11.5 Å². The average molecular weight is 509 g/mol. The largest absolute Gasteiger partial charge is 0.490 e. The van der Waals surface area contributed by atoms with E-state index < -0.39 is 0 Å². The van der Waals surface area contributed by atoms with Gasteiger partial charge in [-0.1, -0.05) is 0 Å². The van der Waals surface area contributed by atoms with Crippen LogP contribution < -0.4 is 29.4 Å². The summed E-state index contributed by atoms with van der Waals surface area (Å²) in [6.45, 7) is 10.3. The standard InChI is InChI=1S/C27H32N4O6/c1-4-31-26(33)19-16-23-24(37-14-13-36-23)17-20(19)28-27(31)30-11-9-29(10-12-30)25(32)18-7-8-21(34-5-2)22(15-18)35-6-3/h7-8,15-17H,4-6,9-14H2,1-3H3. The molecule has 1 saturated heterocycles. The molecule has 196 valence electrons. The van der Waals surface area contributed by atoms with Crippen LogP contribution >= 0.6 is 0 Å². The number of amides is 1. The summed E-state index contributed by atoms with van der Waals surface area (Å²) in [7, 11) is 0. The number of anilines is 1. The number of carbonyl (C=O) groups is 1. The van der Waals surface area contributed by atoms with Crippen LogP contribution in [0.25, 0.3) is 10.9 Å². The lowest BCUT2D eigenvalue weighted by Crippen LogP contribution is -2.50.